The quantitative estimate of drug-likeness (QED) is 0.274. The SMILES string of the molecule is CC(C)(C)c1ccc(C(Cc2ccc(OCCO)cc2)C(=O)Nc2ccc(OCC3CCCCC3)cc2)cc1. The third kappa shape index (κ3) is 8.59. The van der Waals surface area contributed by atoms with Gasteiger partial charge in [-0.25, -0.2) is 0 Å². The van der Waals surface area contributed by atoms with Gasteiger partial charge in [0, 0.05) is 5.69 Å². The van der Waals surface area contributed by atoms with E-state index in [2.05, 4.69) is 50.4 Å². The van der Waals surface area contributed by atoms with Crippen LogP contribution < -0.4 is 14.8 Å². The number of benzene rings is 3. The monoisotopic (exact) mass is 529 g/mol. The predicted octanol–water partition coefficient (Wildman–Crippen LogP) is 7.28. The van der Waals surface area contributed by atoms with Crippen LogP contribution in [0.15, 0.2) is 72.8 Å². The zero-order valence-corrected chi connectivity index (χ0v) is 23.6. The molecule has 3 aromatic carbocycles. The Hall–Kier alpha value is -3.31. The van der Waals surface area contributed by atoms with Gasteiger partial charge in [0.2, 0.25) is 5.91 Å². The Kier molecular flexibility index (Phi) is 10.0. The van der Waals surface area contributed by atoms with Crippen molar-refractivity contribution in [3.05, 3.63) is 89.5 Å². The first-order valence-corrected chi connectivity index (χ1v) is 14.3. The first kappa shape index (κ1) is 28.7. The fraction of sp³-hybridized carbons (Fsp3) is 0.441. The third-order valence-electron chi connectivity index (χ3n) is 7.55. The van der Waals surface area contributed by atoms with Gasteiger partial charge >= 0.3 is 0 Å². The van der Waals surface area contributed by atoms with Crippen LogP contribution in [-0.2, 0) is 16.6 Å². The van der Waals surface area contributed by atoms with Crippen molar-refractivity contribution in [1.29, 1.82) is 0 Å². The standard InChI is InChI=1S/C34H43NO4/c1-34(2,3)28-13-11-27(12-14-28)32(23-25-9-17-30(18-10-25)38-22-21-36)33(37)35-29-15-19-31(20-16-29)39-24-26-7-5-4-6-8-26/h9-20,26,32,36H,4-8,21-24H2,1-3H3,(H,35,37). The molecule has 1 amide bonds. The van der Waals surface area contributed by atoms with E-state index in [1.165, 1.54) is 37.7 Å². The van der Waals surface area contributed by atoms with Crippen molar-refractivity contribution in [3.63, 3.8) is 0 Å². The Bertz CT molecular complexity index is 1160. The van der Waals surface area contributed by atoms with Crippen LogP contribution in [0.2, 0.25) is 0 Å². The summed E-state index contributed by atoms with van der Waals surface area (Å²) in [5.41, 5.74) is 4.06. The highest BCUT2D eigenvalue weighted by Gasteiger charge is 2.23. The van der Waals surface area contributed by atoms with Crippen molar-refractivity contribution in [1.82, 2.24) is 0 Å². The second-order valence-corrected chi connectivity index (χ2v) is 11.7. The van der Waals surface area contributed by atoms with Crippen molar-refractivity contribution < 1.29 is 19.4 Å². The van der Waals surface area contributed by atoms with E-state index in [-0.39, 0.29) is 30.5 Å². The van der Waals surface area contributed by atoms with Gasteiger partial charge in [0.1, 0.15) is 18.1 Å². The van der Waals surface area contributed by atoms with Crippen LogP contribution in [-0.4, -0.2) is 30.8 Å². The average molecular weight is 530 g/mol. The lowest BCUT2D eigenvalue weighted by molar-refractivity contribution is -0.117. The number of carbonyl (C=O) groups is 1. The minimum absolute atomic E-state index is 0.0256. The molecule has 1 saturated carbocycles. The second-order valence-electron chi connectivity index (χ2n) is 11.7. The molecule has 39 heavy (non-hydrogen) atoms. The number of amides is 1. The molecular formula is C34H43NO4. The fourth-order valence-electron chi connectivity index (χ4n) is 5.13. The summed E-state index contributed by atoms with van der Waals surface area (Å²) in [6, 6.07) is 23.8. The molecule has 2 N–H and O–H groups in total. The van der Waals surface area contributed by atoms with Gasteiger partial charge in [-0.05, 0) is 83.7 Å². The summed E-state index contributed by atoms with van der Waals surface area (Å²) in [4.78, 5) is 13.6. The molecule has 0 heterocycles. The predicted molar refractivity (Wildman–Crippen MR) is 158 cm³/mol. The summed E-state index contributed by atoms with van der Waals surface area (Å²) in [5.74, 6) is 1.80. The molecular weight excluding hydrogens is 486 g/mol. The molecule has 1 aliphatic rings. The highest BCUT2D eigenvalue weighted by molar-refractivity contribution is 5.96. The van der Waals surface area contributed by atoms with Crippen LogP contribution in [0.1, 0.15) is 75.5 Å². The molecule has 0 spiro atoms. The third-order valence-corrected chi connectivity index (χ3v) is 7.55. The van der Waals surface area contributed by atoms with E-state index in [0.29, 0.717) is 18.1 Å². The molecule has 5 nitrogen and oxygen atoms in total. The van der Waals surface area contributed by atoms with Crippen molar-refractivity contribution in [2.45, 2.75) is 70.6 Å². The number of rotatable bonds is 11. The number of anilines is 1. The number of aliphatic hydroxyl groups excluding tert-OH is 1. The molecule has 0 bridgehead atoms. The molecule has 208 valence electrons. The number of nitrogens with one attached hydrogen (secondary N) is 1. The highest BCUT2D eigenvalue weighted by Crippen LogP contribution is 2.29. The summed E-state index contributed by atoms with van der Waals surface area (Å²) in [6.07, 6.45) is 7.03. The van der Waals surface area contributed by atoms with Gasteiger partial charge in [0.25, 0.3) is 0 Å². The molecule has 5 heteroatoms. The molecule has 1 unspecified atom stereocenters. The van der Waals surface area contributed by atoms with Crippen molar-refractivity contribution in [3.8, 4) is 11.5 Å². The molecule has 0 radical (unpaired) electrons. The maximum absolute atomic E-state index is 13.6. The van der Waals surface area contributed by atoms with Gasteiger partial charge in [-0.15, -0.1) is 0 Å². The Morgan fingerprint density at radius 3 is 2.10 bits per heavy atom. The van der Waals surface area contributed by atoms with Gasteiger partial charge in [-0.1, -0.05) is 76.4 Å². The lowest BCUT2D eigenvalue weighted by atomic mass is 9.84. The van der Waals surface area contributed by atoms with Crippen LogP contribution in [0.4, 0.5) is 5.69 Å². The van der Waals surface area contributed by atoms with Crippen LogP contribution in [0.3, 0.4) is 0 Å². The van der Waals surface area contributed by atoms with E-state index >= 15 is 0 Å². The van der Waals surface area contributed by atoms with Crippen LogP contribution in [0.5, 0.6) is 11.5 Å². The van der Waals surface area contributed by atoms with Crippen LogP contribution >= 0.6 is 0 Å². The highest BCUT2D eigenvalue weighted by atomic mass is 16.5. The molecule has 1 aliphatic carbocycles. The number of hydrogen-bond donors (Lipinski definition) is 2. The summed E-state index contributed by atoms with van der Waals surface area (Å²) in [5, 5.41) is 12.1. The molecule has 1 atom stereocenters. The van der Waals surface area contributed by atoms with E-state index in [9.17, 15) is 4.79 Å². The summed E-state index contributed by atoms with van der Waals surface area (Å²) < 4.78 is 11.5. The normalized spacial score (nSPS) is 15.0. The van der Waals surface area contributed by atoms with Gasteiger partial charge < -0.3 is 19.9 Å². The Labute approximate surface area is 233 Å². The van der Waals surface area contributed by atoms with Crippen LogP contribution in [0, 0.1) is 5.92 Å². The van der Waals surface area contributed by atoms with Gasteiger partial charge in [0.05, 0.1) is 19.1 Å². The molecule has 1 fully saturated rings. The Balaban J connectivity index is 1.45. The largest absolute Gasteiger partial charge is 0.493 e. The lowest BCUT2D eigenvalue weighted by Gasteiger charge is -2.22. The number of aliphatic hydroxyl groups is 1. The fourth-order valence-corrected chi connectivity index (χ4v) is 5.13. The van der Waals surface area contributed by atoms with E-state index in [1.54, 1.807) is 0 Å². The molecule has 0 saturated heterocycles. The van der Waals surface area contributed by atoms with Gasteiger partial charge in [-0.2, -0.15) is 0 Å². The number of ether oxygens (including phenoxy) is 2. The maximum Gasteiger partial charge on any atom is 0.232 e. The minimum Gasteiger partial charge on any atom is -0.493 e. The lowest BCUT2D eigenvalue weighted by Crippen LogP contribution is -2.23. The molecule has 3 aromatic rings. The first-order chi connectivity index (χ1) is 18.8. The van der Waals surface area contributed by atoms with E-state index < -0.39 is 0 Å². The smallest absolute Gasteiger partial charge is 0.232 e. The minimum atomic E-state index is -0.356. The summed E-state index contributed by atoms with van der Waals surface area (Å²) in [7, 11) is 0. The van der Waals surface area contributed by atoms with Gasteiger partial charge in [0.15, 0.2) is 0 Å². The molecule has 0 aliphatic heterocycles. The number of hydrogen-bond acceptors (Lipinski definition) is 4. The Morgan fingerprint density at radius 1 is 0.872 bits per heavy atom. The maximum atomic E-state index is 13.6. The van der Waals surface area contributed by atoms with E-state index in [0.717, 1.165) is 29.2 Å². The molecule has 0 aromatic heterocycles. The van der Waals surface area contributed by atoms with Gasteiger partial charge in [-0.3, -0.25) is 4.79 Å². The zero-order chi connectivity index (χ0) is 27.7. The van der Waals surface area contributed by atoms with E-state index in [4.69, 9.17) is 14.6 Å². The molecule has 4 rings (SSSR count). The summed E-state index contributed by atoms with van der Waals surface area (Å²) >= 11 is 0. The Morgan fingerprint density at radius 2 is 1.49 bits per heavy atom. The first-order valence-electron chi connectivity index (χ1n) is 14.3. The van der Waals surface area contributed by atoms with Crippen molar-refractivity contribution >= 4 is 11.6 Å². The topological polar surface area (TPSA) is 67.8 Å². The van der Waals surface area contributed by atoms with Crippen molar-refractivity contribution in [2.24, 2.45) is 5.92 Å². The average Bonchev–Trinajstić information content (AvgIpc) is 2.95. The van der Waals surface area contributed by atoms with Crippen LogP contribution in [0.25, 0.3) is 0 Å². The van der Waals surface area contributed by atoms with E-state index in [1.807, 2.05) is 48.5 Å². The van der Waals surface area contributed by atoms with Crippen molar-refractivity contribution in [2.75, 3.05) is 25.1 Å². The summed E-state index contributed by atoms with van der Waals surface area (Å²) in [6.45, 7) is 7.57. The number of carbonyl (C=O) groups excluding carboxylic acids is 1. The second kappa shape index (κ2) is 13.7. The zero-order valence-electron chi connectivity index (χ0n) is 23.6.